The molecule has 2 aromatic rings. The van der Waals surface area contributed by atoms with Crippen molar-refractivity contribution in [3.8, 4) is 5.75 Å². The average molecular weight is 999 g/mol. The number of phosphoric ester groups is 1. The number of phosphoric acid groups is 1. The Bertz CT molecular complexity index is 2060. The number of likely N-dealkylation sites (N-methyl/N-ethyl adjacent to an activating group) is 2. The van der Waals surface area contributed by atoms with Gasteiger partial charge in [-0.25, -0.2) is 14.1 Å². The van der Waals surface area contributed by atoms with Crippen LogP contribution in [0.5, 0.6) is 5.75 Å². The first-order valence-electron chi connectivity index (χ1n) is 22.6. The van der Waals surface area contributed by atoms with E-state index in [1.54, 1.807) is 24.1 Å². The normalized spacial score (nSPS) is 17.3. The Morgan fingerprint density at radius 2 is 1.76 bits per heavy atom. The molecule has 3 rings (SSSR count). The number of rotatable bonds is 26. The van der Waals surface area contributed by atoms with Crippen LogP contribution in [0.2, 0.25) is 0 Å². The van der Waals surface area contributed by atoms with Crippen molar-refractivity contribution in [3.05, 3.63) is 39.8 Å². The molecule has 0 bridgehead atoms. The molecule has 0 aliphatic carbocycles. The number of likely N-dealkylation sites (tertiary alicyclic amines) is 1. The van der Waals surface area contributed by atoms with Crippen LogP contribution < -0.4 is 20.7 Å². The van der Waals surface area contributed by atoms with E-state index < -0.39 is 73.3 Å². The summed E-state index contributed by atoms with van der Waals surface area (Å²) in [5.41, 5.74) is 0.668. The zero-order chi connectivity index (χ0) is 50.4. The Morgan fingerprint density at radius 1 is 1.07 bits per heavy atom. The van der Waals surface area contributed by atoms with Crippen LogP contribution >= 0.6 is 31.8 Å². The van der Waals surface area contributed by atoms with Crippen molar-refractivity contribution in [3.63, 3.8) is 0 Å². The molecule has 1 aromatic heterocycles. The monoisotopic (exact) mass is 998 g/mol. The number of hydrogen-bond acceptors (Lipinski definition) is 14. The van der Waals surface area contributed by atoms with E-state index >= 15 is 0 Å². The lowest BCUT2D eigenvalue weighted by Crippen LogP contribution is -2.58. The number of carboxylic acids is 1. The van der Waals surface area contributed by atoms with E-state index in [1.165, 1.54) is 25.3 Å². The SMILES string of the molecule is CC[C@H](C)C(NC(=O)[C@H]1CCCCN1C)C(=O)N(C)[C@H](C[C@@H](OC(C)=O)c1nc(C(=O)N[C@@H](Cc2ccc(OCOP(=O)(O)O)c(NC(=O)CCC(C)(C)S)c2)CC(C)C(=O)O)cs1)C(C)C. The van der Waals surface area contributed by atoms with Gasteiger partial charge in [0.2, 0.25) is 17.7 Å². The molecule has 7 atom stereocenters. The van der Waals surface area contributed by atoms with E-state index in [0.29, 0.717) is 29.8 Å². The molecule has 2 heterocycles. The smallest absolute Gasteiger partial charge is 0.472 e. The topological polar surface area (TPSA) is 263 Å². The molecule has 0 saturated carbocycles. The lowest BCUT2D eigenvalue weighted by Gasteiger charge is -2.38. The molecular weight excluding hydrogens is 928 g/mol. The maximum atomic E-state index is 14.3. The number of ether oxygens (including phenoxy) is 2. The number of thiol groups is 1. The minimum Gasteiger partial charge on any atom is -0.481 e. The van der Waals surface area contributed by atoms with Crippen LogP contribution in [-0.4, -0.2) is 122 Å². The predicted octanol–water partition coefficient (Wildman–Crippen LogP) is 5.96. The maximum Gasteiger partial charge on any atom is 0.472 e. The number of benzene rings is 1. The molecule has 4 amide bonds. The number of anilines is 1. The first-order valence-corrected chi connectivity index (χ1v) is 25.5. The summed E-state index contributed by atoms with van der Waals surface area (Å²) in [5.74, 6) is -4.34. The lowest BCUT2D eigenvalue weighted by molar-refractivity contribution is -0.149. The van der Waals surface area contributed by atoms with E-state index in [-0.39, 0.29) is 72.5 Å². The van der Waals surface area contributed by atoms with Crippen molar-refractivity contribution < 1.29 is 62.2 Å². The van der Waals surface area contributed by atoms with Gasteiger partial charge in [0.1, 0.15) is 22.5 Å². The van der Waals surface area contributed by atoms with Gasteiger partial charge in [0, 0.05) is 49.0 Å². The zero-order valence-corrected chi connectivity index (χ0v) is 42.9. The highest BCUT2D eigenvalue weighted by atomic mass is 32.1. The standard InChI is InChI=1S/C45H71N6O13PS2/c1-11-27(4)39(49-41(55)34-14-12-13-19-50(34)9)43(56)51(10)35(26(2)3)23-37(64-29(6)52)42-48-33(24-67-42)40(54)46-31(20-28(5)44(57)58)21-30-15-16-36(62-25-63-65(59,60)61)32(22-30)47-38(53)17-18-45(7,8)66/h15-16,22,24,26-28,31,34-35,37,39,66H,11-14,17-21,23,25H2,1-10H3,(H,46,54)(H,47,53)(H,49,55)(H,57,58)(H2,59,60,61)/t27-,28?,31+,34+,35+,37+,39?/m0/s1. The van der Waals surface area contributed by atoms with Crippen LogP contribution in [0.25, 0.3) is 0 Å². The largest absolute Gasteiger partial charge is 0.481 e. The highest BCUT2D eigenvalue weighted by Gasteiger charge is 2.37. The molecule has 376 valence electrons. The number of piperidine rings is 1. The van der Waals surface area contributed by atoms with Gasteiger partial charge in [0.05, 0.1) is 17.6 Å². The van der Waals surface area contributed by atoms with Gasteiger partial charge in [-0.1, -0.05) is 67.4 Å². The summed E-state index contributed by atoms with van der Waals surface area (Å²) in [7, 11) is -1.28. The second-order valence-electron chi connectivity index (χ2n) is 18.5. The number of nitrogens with one attached hydrogen (secondary N) is 3. The Balaban J connectivity index is 1.89. The quantitative estimate of drug-likeness (QED) is 0.0248. The minimum atomic E-state index is -4.87. The van der Waals surface area contributed by atoms with E-state index in [1.807, 2.05) is 53.5 Å². The van der Waals surface area contributed by atoms with Gasteiger partial charge in [-0.2, -0.15) is 12.6 Å². The number of aromatic nitrogens is 1. The van der Waals surface area contributed by atoms with Crippen LogP contribution in [0.3, 0.4) is 0 Å². The summed E-state index contributed by atoms with van der Waals surface area (Å²) < 4.78 is 26.5. The second kappa shape index (κ2) is 26.0. The van der Waals surface area contributed by atoms with Gasteiger partial charge < -0.3 is 45.2 Å². The van der Waals surface area contributed by atoms with E-state index in [4.69, 9.17) is 19.3 Å². The lowest BCUT2D eigenvalue weighted by atomic mass is 9.92. The van der Waals surface area contributed by atoms with Gasteiger partial charge in [0.25, 0.3) is 5.91 Å². The van der Waals surface area contributed by atoms with Gasteiger partial charge in [-0.3, -0.25) is 33.7 Å². The number of esters is 1. The predicted molar refractivity (Wildman–Crippen MR) is 257 cm³/mol. The number of carbonyl (C=O) groups is 6. The van der Waals surface area contributed by atoms with E-state index in [0.717, 1.165) is 30.7 Å². The zero-order valence-electron chi connectivity index (χ0n) is 40.3. The molecule has 6 N–H and O–H groups in total. The van der Waals surface area contributed by atoms with Crippen LogP contribution in [0, 0.1) is 17.8 Å². The summed E-state index contributed by atoms with van der Waals surface area (Å²) >= 11 is 5.56. The molecule has 1 aliphatic heterocycles. The van der Waals surface area contributed by atoms with Crippen molar-refractivity contribution in [1.29, 1.82) is 0 Å². The van der Waals surface area contributed by atoms with Crippen molar-refractivity contribution in [2.45, 2.75) is 148 Å². The maximum absolute atomic E-state index is 14.3. The number of nitrogens with zero attached hydrogens (tertiary/aromatic N) is 3. The fourth-order valence-electron chi connectivity index (χ4n) is 7.74. The third-order valence-electron chi connectivity index (χ3n) is 11.9. The molecule has 22 heteroatoms. The van der Waals surface area contributed by atoms with Crippen LogP contribution in [0.15, 0.2) is 23.6 Å². The van der Waals surface area contributed by atoms with Crippen molar-refractivity contribution >= 4 is 73.0 Å². The van der Waals surface area contributed by atoms with Crippen molar-refractivity contribution in [2.24, 2.45) is 17.8 Å². The molecule has 0 spiro atoms. The van der Waals surface area contributed by atoms with Gasteiger partial charge in [-0.05, 0) is 75.2 Å². The average Bonchev–Trinajstić information content (AvgIpc) is 3.73. The fourth-order valence-corrected chi connectivity index (χ4v) is 8.88. The minimum absolute atomic E-state index is 0.00682. The second-order valence-corrected chi connectivity index (χ2v) is 21.8. The van der Waals surface area contributed by atoms with Crippen LogP contribution in [0.1, 0.15) is 134 Å². The Kier molecular flexibility index (Phi) is 22.2. The Hall–Kier alpha value is -4.11. The van der Waals surface area contributed by atoms with Crippen LogP contribution in [0.4, 0.5) is 5.69 Å². The number of carbonyl (C=O) groups excluding carboxylic acids is 5. The van der Waals surface area contributed by atoms with E-state index in [9.17, 15) is 38.4 Å². The number of carboxylic acid groups (broad SMARTS) is 1. The first kappa shape index (κ1) is 57.2. The van der Waals surface area contributed by atoms with E-state index in [2.05, 4.69) is 38.1 Å². The third-order valence-corrected chi connectivity index (χ3v) is 13.5. The van der Waals surface area contributed by atoms with Crippen LogP contribution in [-0.2, 0) is 44.2 Å². The summed E-state index contributed by atoms with van der Waals surface area (Å²) in [6.07, 6.45) is 3.05. The van der Waals surface area contributed by atoms with Crippen molar-refractivity contribution in [2.75, 3.05) is 32.7 Å². The first-order chi connectivity index (χ1) is 31.2. The molecule has 1 fully saturated rings. The van der Waals surface area contributed by atoms with Gasteiger partial charge in [0.15, 0.2) is 12.9 Å². The van der Waals surface area contributed by atoms with Crippen molar-refractivity contribution in [1.82, 2.24) is 25.4 Å². The van der Waals surface area contributed by atoms with Gasteiger partial charge >= 0.3 is 19.8 Å². The molecule has 19 nitrogen and oxygen atoms in total. The van der Waals surface area contributed by atoms with Gasteiger partial charge in [-0.15, -0.1) is 11.3 Å². The number of hydrogen-bond donors (Lipinski definition) is 7. The Morgan fingerprint density at radius 3 is 2.34 bits per heavy atom. The molecular formula is C45H71N6O13PS2. The molecule has 1 aromatic carbocycles. The summed E-state index contributed by atoms with van der Waals surface area (Å²) in [4.78, 5) is 106. The fraction of sp³-hybridized carbons (Fsp3) is 0.667. The summed E-state index contributed by atoms with van der Waals surface area (Å²) in [5, 5.41) is 20.3. The summed E-state index contributed by atoms with van der Waals surface area (Å²) in [6.45, 7) is 14.2. The number of amides is 4. The highest BCUT2D eigenvalue weighted by Crippen LogP contribution is 2.37. The molecule has 67 heavy (non-hydrogen) atoms. The number of aliphatic carboxylic acids is 1. The molecule has 1 aliphatic rings. The molecule has 0 radical (unpaired) electrons. The number of thiazole rings is 1. The molecule has 2 unspecified atom stereocenters. The highest BCUT2D eigenvalue weighted by molar-refractivity contribution is 7.81. The Labute approximate surface area is 403 Å². The third kappa shape index (κ3) is 19.1. The molecule has 1 saturated heterocycles. The summed E-state index contributed by atoms with van der Waals surface area (Å²) in [6, 6.07) is 2.20.